The summed E-state index contributed by atoms with van der Waals surface area (Å²) in [5, 5.41) is 3.65. The van der Waals surface area contributed by atoms with Crippen LogP contribution in [0.25, 0.3) is 0 Å². The van der Waals surface area contributed by atoms with Crippen molar-refractivity contribution < 1.29 is 0 Å². The number of nitrogens with one attached hydrogen (secondary N) is 1. The third-order valence-corrected chi connectivity index (χ3v) is 3.62. The van der Waals surface area contributed by atoms with Crippen LogP contribution in [0.5, 0.6) is 0 Å². The Labute approximate surface area is 125 Å². The second kappa shape index (κ2) is 6.23. The molecule has 0 bridgehead atoms. The molecule has 1 unspecified atom stereocenters. The molecule has 1 atom stereocenters. The number of anilines is 1. The van der Waals surface area contributed by atoms with E-state index in [1.165, 1.54) is 16.7 Å². The van der Waals surface area contributed by atoms with Gasteiger partial charge in [0.15, 0.2) is 0 Å². The number of aromatic nitrogens is 1. The number of benzene rings is 2. The zero-order valence-electron chi connectivity index (χ0n) is 12.0. The van der Waals surface area contributed by atoms with Crippen molar-refractivity contribution in [3.8, 4) is 0 Å². The van der Waals surface area contributed by atoms with Crippen molar-refractivity contribution in [1.82, 2.24) is 4.98 Å². The van der Waals surface area contributed by atoms with Crippen LogP contribution in [0.1, 0.15) is 22.7 Å². The molecule has 2 heteroatoms. The quantitative estimate of drug-likeness (QED) is 0.752. The van der Waals surface area contributed by atoms with Gasteiger partial charge in [0, 0.05) is 18.1 Å². The zero-order valence-corrected chi connectivity index (χ0v) is 12.0. The van der Waals surface area contributed by atoms with Gasteiger partial charge in [0.25, 0.3) is 0 Å². The summed E-state index contributed by atoms with van der Waals surface area (Å²) in [5.74, 6) is 0. The standard InChI is InChI=1S/C19H18N2/c1-15-7-5-6-10-18(15)21-19(16-8-3-2-4-9-16)17-11-13-20-14-12-17/h2-14,19,21H,1H3. The first-order valence-electron chi connectivity index (χ1n) is 7.11. The van der Waals surface area contributed by atoms with Gasteiger partial charge in [-0.1, -0.05) is 48.5 Å². The summed E-state index contributed by atoms with van der Waals surface area (Å²) in [4.78, 5) is 4.12. The van der Waals surface area contributed by atoms with E-state index in [0.717, 1.165) is 5.69 Å². The number of pyridine rings is 1. The largest absolute Gasteiger partial charge is 0.374 e. The lowest BCUT2D eigenvalue weighted by Gasteiger charge is -2.22. The predicted octanol–water partition coefficient (Wildman–Crippen LogP) is 4.59. The van der Waals surface area contributed by atoms with Crippen molar-refractivity contribution in [3.05, 3.63) is 95.8 Å². The molecule has 0 aliphatic rings. The molecule has 104 valence electrons. The van der Waals surface area contributed by atoms with Crippen LogP contribution in [-0.4, -0.2) is 4.98 Å². The number of hydrogen-bond donors (Lipinski definition) is 1. The van der Waals surface area contributed by atoms with Gasteiger partial charge in [-0.2, -0.15) is 0 Å². The Morgan fingerprint density at radius 3 is 2.10 bits per heavy atom. The second-order valence-electron chi connectivity index (χ2n) is 5.08. The number of para-hydroxylation sites is 1. The fraction of sp³-hybridized carbons (Fsp3) is 0.105. The Morgan fingerprint density at radius 2 is 1.38 bits per heavy atom. The minimum Gasteiger partial charge on any atom is -0.374 e. The highest BCUT2D eigenvalue weighted by Crippen LogP contribution is 2.27. The maximum atomic E-state index is 4.12. The fourth-order valence-electron chi connectivity index (χ4n) is 2.45. The number of rotatable bonds is 4. The summed E-state index contributed by atoms with van der Waals surface area (Å²) >= 11 is 0. The summed E-state index contributed by atoms with van der Waals surface area (Å²) < 4.78 is 0. The average molecular weight is 274 g/mol. The average Bonchev–Trinajstić information content (AvgIpc) is 2.56. The fourth-order valence-corrected chi connectivity index (χ4v) is 2.45. The molecular weight excluding hydrogens is 256 g/mol. The van der Waals surface area contributed by atoms with Crippen molar-refractivity contribution in [3.63, 3.8) is 0 Å². The number of hydrogen-bond acceptors (Lipinski definition) is 2. The van der Waals surface area contributed by atoms with Crippen LogP contribution in [0.4, 0.5) is 5.69 Å². The first-order chi connectivity index (χ1) is 10.3. The van der Waals surface area contributed by atoms with Crippen LogP contribution >= 0.6 is 0 Å². The summed E-state index contributed by atoms with van der Waals surface area (Å²) in [7, 11) is 0. The predicted molar refractivity (Wildman–Crippen MR) is 87.3 cm³/mol. The van der Waals surface area contributed by atoms with Crippen molar-refractivity contribution >= 4 is 5.69 Å². The van der Waals surface area contributed by atoms with Gasteiger partial charge in [-0.25, -0.2) is 0 Å². The monoisotopic (exact) mass is 274 g/mol. The van der Waals surface area contributed by atoms with Gasteiger partial charge in [-0.05, 0) is 41.8 Å². The van der Waals surface area contributed by atoms with E-state index in [4.69, 9.17) is 0 Å². The molecular formula is C19H18N2. The molecule has 2 nitrogen and oxygen atoms in total. The van der Waals surface area contributed by atoms with E-state index in [1.807, 2.05) is 18.5 Å². The van der Waals surface area contributed by atoms with E-state index in [2.05, 4.69) is 77.9 Å². The van der Waals surface area contributed by atoms with Gasteiger partial charge in [0.1, 0.15) is 0 Å². The van der Waals surface area contributed by atoms with Gasteiger partial charge in [-0.15, -0.1) is 0 Å². The van der Waals surface area contributed by atoms with Gasteiger partial charge in [0.2, 0.25) is 0 Å². The Balaban J connectivity index is 1.99. The van der Waals surface area contributed by atoms with E-state index >= 15 is 0 Å². The highest BCUT2D eigenvalue weighted by Gasteiger charge is 2.14. The van der Waals surface area contributed by atoms with Crippen molar-refractivity contribution in [2.45, 2.75) is 13.0 Å². The SMILES string of the molecule is Cc1ccccc1NC(c1ccccc1)c1ccncc1. The highest BCUT2D eigenvalue weighted by atomic mass is 14.9. The molecule has 0 saturated carbocycles. The molecule has 1 N–H and O–H groups in total. The first kappa shape index (κ1) is 13.4. The molecule has 21 heavy (non-hydrogen) atoms. The van der Waals surface area contributed by atoms with Crippen LogP contribution in [-0.2, 0) is 0 Å². The van der Waals surface area contributed by atoms with Crippen LogP contribution in [0.3, 0.4) is 0 Å². The molecule has 3 aromatic rings. The molecule has 0 spiro atoms. The third-order valence-electron chi connectivity index (χ3n) is 3.62. The lowest BCUT2D eigenvalue weighted by atomic mass is 9.99. The summed E-state index contributed by atoms with van der Waals surface area (Å²) in [5.41, 5.74) is 4.85. The van der Waals surface area contributed by atoms with Crippen LogP contribution in [0.2, 0.25) is 0 Å². The minimum absolute atomic E-state index is 0.121. The van der Waals surface area contributed by atoms with Crippen molar-refractivity contribution in [2.75, 3.05) is 5.32 Å². The first-order valence-corrected chi connectivity index (χ1v) is 7.11. The summed E-state index contributed by atoms with van der Waals surface area (Å²) in [6.45, 7) is 2.12. The van der Waals surface area contributed by atoms with Crippen LogP contribution in [0, 0.1) is 6.92 Å². The maximum Gasteiger partial charge on any atom is 0.0768 e. The number of aryl methyl sites for hydroxylation is 1. The topological polar surface area (TPSA) is 24.9 Å². The highest BCUT2D eigenvalue weighted by molar-refractivity contribution is 5.54. The Morgan fingerprint density at radius 1 is 0.762 bits per heavy atom. The lowest BCUT2D eigenvalue weighted by Crippen LogP contribution is -2.13. The Hall–Kier alpha value is -2.61. The third kappa shape index (κ3) is 3.11. The molecule has 0 radical (unpaired) electrons. The normalized spacial score (nSPS) is 11.9. The summed E-state index contributed by atoms with van der Waals surface area (Å²) in [6, 6.07) is 23.1. The lowest BCUT2D eigenvalue weighted by molar-refractivity contribution is 0.931. The number of nitrogens with zero attached hydrogens (tertiary/aromatic N) is 1. The molecule has 1 aromatic heterocycles. The van der Waals surface area contributed by atoms with Crippen molar-refractivity contribution in [1.29, 1.82) is 0 Å². The summed E-state index contributed by atoms with van der Waals surface area (Å²) in [6.07, 6.45) is 3.68. The molecule has 1 heterocycles. The molecule has 0 fully saturated rings. The van der Waals surface area contributed by atoms with Crippen molar-refractivity contribution in [2.24, 2.45) is 0 Å². The Bertz CT molecular complexity index is 654. The van der Waals surface area contributed by atoms with Gasteiger partial charge in [-0.3, -0.25) is 4.98 Å². The van der Waals surface area contributed by atoms with E-state index in [1.54, 1.807) is 0 Å². The van der Waals surface area contributed by atoms with E-state index in [9.17, 15) is 0 Å². The van der Waals surface area contributed by atoms with Gasteiger partial charge >= 0.3 is 0 Å². The van der Waals surface area contributed by atoms with Gasteiger partial charge in [0.05, 0.1) is 6.04 Å². The van der Waals surface area contributed by atoms with E-state index in [-0.39, 0.29) is 6.04 Å². The maximum absolute atomic E-state index is 4.12. The van der Waals surface area contributed by atoms with E-state index in [0.29, 0.717) is 0 Å². The molecule has 0 aliphatic heterocycles. The minimum atomic E-state index is 0.121. The molecule has 0 saturated heterocycles. The van der Waals surface area contributed by atoms with E-state index < -0.39 is 0 Å². The molecule has 3 rings (SSSR count). The second-order valence-corrected chi connectivity index (χ2v) is 5.08. The smallest absolute Gasteiger partial charge is 0.0768 e. The molecule has 2 aromatic carbocycles. The molecule has 0 aliphatic carbocycles. The van der Waals surface area contributed by atoms with Crippen LogP contribution in [0.15, 0.2) is 79.1 Å². The van der Waals surface area contributed by atoms with Crippen LogP contribution < -0.4 is 5.32 Å². The Kier molecular flexibility index (Phi) is 3.97. The van der Waals surface area contributed by atoms with Gasteiger partial charge < -0.3 is 5.32 Å². The molecule has 0 amide bonds. The zero-order chi connectivity index (χ0) is 14.5.